The summed E-state index contributed by atoms with van der Waals surface area (Å²) < 4.78 is 29.4. The molecule has 0 atom stereocenters. The van der Waals surface area contributed by atoms with Gasteiger partial charge >= 0.3 is 0 Å². The minimum Gasteiger partial charge on any atom is -0.493 e. The highest BCUT2D eigenvalue weighted by Crippen LogP contribution is 2.40. The van der Waals surface area contributed by atoms with Crippen molar-refractivity contribution >= 4 is 11.8 Å². The van der Waals surface area contributed by atoms with Gasteiger partial charge in [0.25, 0.3) is 0 Å². The number of rotatable bonds is 12. The molecule has 8 nitrogen and oxygen atoms in total. The van der Waals surface area contributed by atoms with Gasteiger partial charge in [-0.3, -0.25) is 0 Å². The maximum absolute atomic E-state index is 12.3. The van der Waals surface area contributed by atoms with Crippen LogP contribution in [0.25, 0.3) is 11.1 Å². The summed E-state index contributed by atoms with van der Waals surface area (Å²) in [5.41, 5.74) is 16.1. The molecule has 0 unspecified atom stereocenters. The van der Waals surface area contributed by atoms with Gasteiger partial charge in [0.05, 0.1) is 12.2 Å². The SMILES string of the molecule is CCOc1cc(Cc2cnc(N)nc2N)cc(OCOC)c1-c1ccc(CNCCF)cc1. The third-order valence-corrected chi connectivity index (χ3v) is 4.91. The maximum atomic E-state index is 12.3. The summed E-state index contributed by atoms with van der Waals surface area (Å²) in [7, 11) is 1.57. The van der Waals surface area contributed by atoms with Gasteiger partial charge < -0.3 is 31.0 Å². The lowest BCUT2D eigenvalue weighted by Crippen LogP contribution is -2.15. The van der Waals surface area contributed by atoms with Crippen molar-refractivity contribution in [3.63, 3.8) is 0 Å². The van der Waals surface area contributed by atoms with Crippen LogP contribution in [0.15, 0.2) is 42.6 Å². The summed E-state index contributed by atoms with van der Waals surface area (Å²) in [6, 6.07) is 11.9. The van der Waals surface area contributed by atoms with Crippen LogP contribution in [-0.4, -0.2) is 43.7 Å². The zero-order chi connectivity index (χ0) is 23.6. The molecule has 0 aliphatic rings. The molecule has 3 rings (SSSR count). The predicted molar refractivity (Wildman–Crippen MR) is 127 cm³/mol. The van der Waals surface area contributed by atoms with E-state index in [0.29, 0.717) is 43.4 Å². The first-order chi connectivity index (χ1) is 16.0. The van der Waals surface area contributed by atoms with Crippen LogP contribution in [0.2, 0.25) is 0 Å². The fourth-order valence-electron chi connectivity index (χ4n) is 3.42. The predicted octanol–water partition coefficient (Wildman–Crippen LogP) is 3.34. The molecule has 0 spiro atoms. The summed E-state index contributed by atoms with van der Waals surface area (Å²) >= 11 is 0. The molecule has 0 aliphatic carbocycles. The molecule has 0 saturated heterocycles. The average molecular weight is 456 g/mol. The fourth-order valence-corrected chi connectivity index (χ4v) is 3.42. The second kappa shape index (κ2) is 12.0. The first-order valence-corrected chi connectivity index (χ1v) is 10.7. The topological polar surface area (TPSA) is 118 Å². The number of hydrogen-bond acceptors (Lipinski definition) is 8. The Balaban J connectivity index is 1.98. The molecule has 33 heavy (non-hydrogen) atoms. The van der Waals surface area contributed by atoms with E-state index in [0.717, 1.165) is 27.8 Å². The number of nitrogens with zero attached hydrogens (tertiary/aromatic N) is 2. The van der Waals surface area contributed by atoms with E-state index in [4.69, 9.17) is 25.7 Å². The summed E-state index contributed by atoms with van der Waals surface area (Å²) in [4.78, 5) is 8.08. The van der Waals surface area contributed by atoms with E-state index >= 15 is 0 Å². The average Bonchev–Trinajstić information content (AvgIpc) is 2.80. The smallest absolute Gasteiger partial charge is 0.221 e. The molecular weight excluding hydrogens is 425 g/mol. The van der Waals surface area contributed by atoms with E-state index in [1.165, 1.54) is 0 Å². The molecule has 0 saturated carbocycles. The molecule has 5 N–H and O–H groups in total. The quantitative estimate of drug-likeness (QED) is 0.281. The van der Waals surface area contributed by atoms with Crippen LogP contribution in [0.5, 0.6) is 11.5 Å². The van der Waals surface area contributed by atoms with E-state index < -0.39 is 6.67 Å². The largest absolute Gasteiger partial charge is 0.493 e. The minimum absolute atomic E-state index is 0.0837. The van der Waals surface area contributed by atoms with Gasteiger partial charge in [0.15, 0.2) is 6.79 Å². The Hall–Kier alpha value is -3.43. The number of nitrogens with one attached hydrogen (secondary N) is 1. The number of methoxy groups -OCH3 is 1. The number of hydrogen-bond donors (Lipinski definition) is 3. The number of alkyl halides is 1. The third-order valence-electron chi connectivity index (χ3n) is 4.91. The molecule has 0 bridgehead atoms. The van der Waals surface area contributed by atoms with Gasteiger partial charge in [-0.2, -0.15) is 4.98 Å². The molecule has 0 radical (unpaired) electrons. The fraction of sp³-hybridized carbons (Fsp3) is 0.333. The number of ether oxygens (including phenoxy) is 3. The first kappa shape index (κ1) is 24.2. The van der Waals surface area contributed by atoms with E-state index in [1.807, 2.05) is 43.3 Å². The first-order valence-electron chi connectivity index (χ1n) is 10.7. The van der Waals surface area contributed by atoms with Gasteiger partial charge in [-0.25, -0.2) is 9.37 Å². The molecular formula is C24H30FN5O3. The van der Waals surface area contributed by atoms with E-state index in [2.05, 4.69) is 15.3 Å². The van der Waals surface area contributed by atoms with E-state index in [1.54, 1.807) is 13.3 Å². The second-order valence-electron chi connectivity index (χ2n) is 7.33. The van der Waals surface area contributed by atoms with Crippen LogP contribution in [0.1, 0.15) is 23.6 Å². The summed E-state index contributed by atoms with van der Waals surface area (Å²) in [6.45, 7) is 3.03. The molecule has 1 heterocycles. The molecule has 3 aromatic rings. The number of anilines is 2. The van der Waals surface area contributed by atoms with Gasteiger partial charge in [0.1, 0.15) is 24.0 Å². The third kappa shape index (κ3) is 6.53. The van der Waals surface area contributed by atoms with E-state index in [-0.39, 0.29) is 12.7 Å². The number of nitrogen functional groups attached to an aromatic ring is 2. The van der Waals surface area contributed by atoms with Crippen LogP contribution in [0.3, 0.4) is 0 Å². The molecule has 0 amide bonds. The van der Waals surface area contributed by atoms with E-state index in [9.17, 15) is 4.39 Å². The zero-order valence-corrected chi connectivity index (χ0v) is 18.9. The zero-order valence-electron chi connectivity index (χ0n) is 18.9. The number of aromatic nitrogens is 2. The van der Waals surface area contributed by atoms with Crippen LogP contribution >= 0.6 is 0 Å². The van der Waals surface area contributed by atoms with Crippen molar-refractivity contribution in [3.8, 4) is 22.6 Å². The van der Waals surface area contributed by atoms with Crippen molar-refractivity contribution < 1.29 is 18.6 Å². The van der Waals surface area contributed by atoms with Crippen molar-refractivity contribution in [1.82, 2.24) is 15.3 Å². The Morgan fingerprint density at radius 2 is 1.76 bits per heavy atom. The molecule has 176 valence electrons. The monoisotopic (exact) mass is 455 g/mol. The number of benzene rings is 2. The Morgan fingerprint density at radius 3 is 2.39 bits per heavy atom. The van der Waals surface area contributed by atoms with Gasteiger partial charge in [-0.05, 0) is 35.7 Å². The highest BCUT2D eigenvalue weighted by molar-refractivity contribution is 5.78. The molecule has 0 fully saturated rings. The molecule has 1 aromatic heterocycles. The highest BCUT2D eigenvalue weighted by atomic mass is 19.1. The van der Waals surface area contributed by atoms with Crippen molar-refractivity contribution in [1.29, 1.82) is 0 Å². The van der Waals surface area contributed by atoms with Gasteiger partial charge in [-0.15, -0.1) is 0 Å². The lowest BCUT2D eigenvalue weighted by molar-refractivity contribution is 0.0513. The lowest BCUT2D eigenvalue weighted by Gasteiger charge is -2.18. The second-order valence-corrected chi connectivity index (χ2v) is 7.33. The standard InChI is InChI=1S/C24H30FN5O3/c1-3-32-20-11-17(10-19-14-29-24(27)30-23(19)26)12-21(33-15-31-2)22(20)18-6-4-16(5-7-18)13-28-9-8-25/h4-7,11-12,14,28H,3,8-10,13,15H2,1-2H3,(H4,26,27,29,30). The van der Waals surface area contributed by atoms with Crippen molar-refractivity contribution in [2.75, 3.05) is 45.2 Å². The van der Waals surface area contributed by atoms with Gasteiger partial charge in [-0.1, -0.05) is 24.3 Å². The molecule has 0 aliphatic heterocycles. The van der Waals surface area contributed by atoms with Crippen LogP contribution < -0.4 is 26.3 Å². The Labute approximate surface area is 193 Å². The van der Waals surface area contributed by atoms with Crippen LogP contribution in [-0.2, 0) is 17.7 Å². The Kier molecular flexibility index (Phi) is 8.79. The maximum Gasteiger partial charge on any atom is 0.221 e. The molecule has 9 heteroatoms. The van der Waals surface area contributed by atoms with Gasteiger partial charge in [0.2, 0.25) is 5.95 Å². The number of nitrogens with two attached hydrogens (primary N) is 2. The summed E-state index contributed by atoms with van der Waals surface area (Å²) in [6.07, 6.45) is 2.10. The lowest BCUT2D eigenvalue weighted by atomic mass is 9.97. The van der Waals surface area contributed by atoms with Crippen molar-refractivity contribution in [3.05, 3.63) is 59.3 Å². The van der Waals surface area contributed by atoms with Crippen molar-refractivity contribution in [2.45, 2.75) is 19.9 Å². The Bertz CT molecular complexity index is 1050. The summed E-state index contributed by atoms with van der Waals surface area (Å²) in [5.74, 6) is 1.77. The minimum atomic E-state index is -0.392. The van der Waals surface area contributed by atoms with Gasteiger partial charge in [0, 0.05) is 38.4 Å². The molecule has 2 aromatic carbocycles. The normalized spacial score (nSPS) is 10.9. The summed E-state index contributed by atoms with van der Waals surface area (Å²) in [5, 5.41) is 3.05. The Morgan fingerprint density at radius 1 is 1.03 bits per heavy atom. The van der Waals surface area contributed by atoms with Crippen molar-refractivity contribution in [2.24, 2.45) is 0 Å². The van der Waals surface area contributed by atoms with Crippen LogP contribution in [0, 0.1) is 0 Å². The van der Waals surface area contributed by atoms with Crippen LogP contribution in [0.4, 0.5) is 16.2 Å². The highest BCUT2D eigenvalue weighted by Gasteiger charge is 2.17. The number of halogens is 1.